The molecule has 2 saturated heterocycles. The number of nitrogens with zero attached hydrogens (tertiary/aromatic N) is 3. The number of benzene rings is 2. The number of pyridine rings is 1. The predicted octanol–water partition coefficient (Wildman–Crippen LogP) is 6.73. The molecule has 3 aromatic rings. The minimum absolute atomic E-state index is 0.277. The Morgan fingerprint density at radius 1 is 1.00 bits per heavy atom. The van der Waals surface area contributed by atoms with Gasteiger partial charge in [-0.05, 0) is 91.5 Å². The van der Waals surface area contributed by atoms with Gasteiger partial charge in [0.25, 0.3) is 6.43 Å². The molecule has 0 radical (unpaired) electrons. The number of halogens is 6. The molecule has 1 amide bonds. The van der Waals surface area contributed by atoms with E-state index in [0.717, 1.165) is 53.6 Å². The Kier molecular flexibility index (Phi) is 10.2. The molecular formula is C36H40F6N4O3. The lowest BCUT2D eigenvalue weighted by molar-refractivity contribution is -0.233. The number of nitrogens with one attached hydrogen (secondary N) is 1. The number of carboxylic acid groups (broad SMARTS) is 1. The van der Waals surface area contributed by atoms with Gasteiger partial charge in [0.05, 0.1) is 12.2 Å². The van der Waals surface area contributed by atoms with Crippen molar-refractivity contribution >= 4 is 22.6 Å². The van der Waals surface area contributed by atoms with Gasteiger partial charge in [-0.15, -0.1) is 0 Å². The van der Waals surface area contributed by atoms with Gasteiger partial charge in [-0.1, -0.05) is 42.5 Å². The summed E-state index contributed by atoms with van der Waals surface area (Å²) in [6, 6.07) is 11.4. The summed E-state index contributed by atoms with van der Waals surface area (Å²) in [6.07, 6.45) is -5.06. The molecule has 13 heteroatoms. The summed E-state index contributed by atoms with van der Waals surface area (Å²) in [5, 5.41) is 13.7. The van der Waals surface area contributed by atoms with Crippen LogP contribution in [0, 0.1) is 5.41 Å². The third-order valence-corrected chi connectivity index (χ3v) is 10.2. The molecule has 3 aliphatic rings. The first-order chi connectivity index (χ1) is 23.3. The molecule has 6 rings (SSSR count). The topological polar surface area (TPSA) is 85.8 Å². The fourth-order valence-corrected chi connectivity index (χ4v) is 7.37. The van der Waals surface area contributed by atoms with Crippen LogP contribution in [0.1, 0.15) is 61.1 Å². The first kappa shape index (κ1) is 35.1. The van der Waals surface area contributed by atoms with Crippen molar-refractivity contribution in [1.82, 2.24) is 20.1 Å². The van der Waals surface area contributed by atoms with Crippen molar-refractivity contribution in [2.24, 2.45) is 5.41 Å². The third-order valence-electron chi connectivity index (χ3n) is 10.2. The number of alkyl halides is 6. The molecular weight excluding hydrogens is 650 g/mol. The van der Waals surface area contributed by atoms with Crippen LogP contribution in [0.3, 0.4) is 0 Å². The minimum atomic E-state index is -5.00. The summed E-state index contributed by atoms with van der Waals surface area (Å²) in [6.45, 7) is 0.421. The van der Waals surface area contributed by atoms with Gasteiger partial charge in [0.1, 0.15) is 17.6 Å². The number of piperidine rings is 2. The molecule has 2 N–H and O–H groups in total. The van der Waals surface area contributed by atoms with Gasteiger partial charge < -0.3 is 10.4 Å². The average Bonchev–Trinajstić information content (AvgIpc) is 3.90. The number of carbonyl (C=O) groups excluding carboxylic acids is 1. The molecule has 264 valence electrons. The van der Waals surface area contributed by atoms with Crippen molar-refractivity contribution in [2.75, 3.05) is 32.7 Å². The monoisotopic (exact) mass is 690 g/mol. The standard InChI is InChI=1S/C36H40F6N4O3/c37-25-5-3-13-46(20-25)19-22-16-29(23-9-10-23)32(43-18-22)28-8-2-6-26-24(4-1-7-27(26)28)17-30(33(47)48)44-34(49)35(36(40,41)42)11-14-45(15-12-35)21-31(38)39/h1-2,4,6-8,16,18,23,25,30-31H,3,5,9-15,17,19-21H2,(H,44,49)(H,47,48)/t25-,30-/m0/s1. The predicted molar refractivity (Wildman–Crippen MR) is 172 cm³/mol. The van der Waals surface area contributed by atoms with Crippen molar-refractivity contribution in [2.45, 2.75) is 82.2 Å². The molecule has 3 fully saturated rings. The highest BCUT2D eigenvalue weighted by molar-refractivity contribution is 5.99. The zero-order valence-electron chi connectivity index (χ0n) is 27.0. The lowest BCUT2D eigenvalue weighted by Gasteiger charge is -2.41. The lowest BCUT2D eigenvalue weighted by Crippen LogP contribution is -2.59. The van der Waals surface area contributed by atoms with Crippen LogP contribution in [0.15, 0.2) is 48.7 Å². The molecule has 0 bridgehead atoms. The van der Waals surface area contributed by atoms with Crippen LogP contribution >= 0.6 is 0 Å². The molecule has 1 saturated carbocycles. The van der Waals surface area contributed by atoms with Crippen LogP contribution in [-0.4, -0.2) is 89.3 Å². The van der Waals surface area contributed by atoms with Crippen molar-refractivity contribution in [1.29, 1.82) is 0 Å². The van der Waals surface area contributed by atoms with Crippen molar-refractivity contribution in [3.8, 4) is 11.3 Å². The van der Waals surface area contributed by atoms with Crippen LogP contribution in [0.25, 0.3) is 22.0 Å². The highest BCUT2D eigenvalue weighted by Gasteiger charge is 2.61. The Morgan fingerprint density at radius 3 is 2.37 bits per heavy atom. The minimum Gasteiger partial charge on any atom is -0.480 e. The smallest absolute Gasteiger partial charge is 0.403 e. The summed E-state index contributed by atoms with van der Waals surface area (Å²) >= 11 is 0. The van der Waals surface area contributed by atoms with E-state index in [1.807, 2.05) is 24.4 Å². The third kappa shape index (κ3) is 7.72. The number of fused-ring (bicyclic) bond motifs is 1. The van der Waals surface area contributed by atoms with Crippen LogP contribution in [-0.2, 0) is 22.6 Å². The zero-order valence-corrected chi connectivity index (χ0v) is 27.0. The zero-order chi connectivity index (χ0) is 34.9. The first-order valence-electron chi connectivity index (χ1n) is 16.8. The number of likely N-dealkylation sites (tertiary alicyclic amines) is 2. The molecule has 7 nitrogen and oxygen atoms in total. The number of amides is 1. The molecule has 2 aromatic carbocycles. The Morgan fingerprint density at radius 2 is 1.71 bits per heavy atom. The highest BCUT2D eigenvalue weighted by Crippen LogP contribution is 2.47. The molecule has 1 aliphatic carbocycles. The second-order valence-electron chi connectivity index (χ2n) is 13.7. The van der Waals surface area contributed by atoms with Gasteiger partial charge in [-0.25, -0.2) is 18.0 Å². The largest absolute Gasteiger partial charge is 0.480 e. The fraction of sp³-hybridized carbons (Fsp3) is 0.528. The number of rotatable bonds is 11. The maximum atomic E-state index is 14.4. The van der Waals surface area contributed by atoms with E-state index in [2.05, 4.69) is 16.3 Å². The van der Waals surface area contributed by atoms with E-state index < -0.39 is 61.5 Å². The maximum Gasteiger partial charge on any atom is 0.403 e. The van der Waals surface area contributed by atoms with Crippen molar-refractivity contribution in [3.05, 3.63) is 65.4 Å². The summed E-state index contributed by atoms with van der Waals surface area (Å²) in [4.78, 5) is 33.8. The van der Waals surface area contributed by atoms with Crippen molar-refractivity contribution < 1.29 is 41.0 Å². The Bertz CT molecular complexity index is 1670. The first-order valence-corrected chi connectivity index (χ1v) is 16.8. The van der Waals surface area contributed by atoms with E-state index in [1.165, 1.54) is 4.90 Å². The average molecular weight is 691 g/mol. The summed E-state index contributed by atoms with van der Waals surface area (Å²) < 4.78 is 82.9. The molecule has 49 heavy (non-hydrogen) atoms. The highest BCUT2D eigenvalue weighted by atomic mass is 19.4. The van der Waals surface area contributed by atoms with Crippen LogP contribution in [0.5, 0.6) is 0 Å². The van der Waals surface area contributed by atoms with E-state index >= 15 is 0 Å². The van der Waals surface area contributed by atoms with Crippen LogP contribution in [0.2, 0.25) is 0 Å². The van der Waals surface area contributed by atoms with Crippen LogP contribution < -0.4 is 5.32 Å². The van der Waals surface area contributed by atoms with E-state index in [0.29, 0.717) is 36.4 Å². The normalized spacial score (nSPS) is 21.2. The number of aromatic nitrogens is 1. The number of hydrogen-bond donors (Lipinski definition) is 2. The summed E-state index contributed by atoms with van der Waals surface area (Å²) in [5.74, 6) is -2.61. The van der Waals surface area contributed by atoms with E-state index in [9.17, 15) is 41.0 Å². The van der Waals surface area contributed by atoms with Gasteiger partial charge in [0.2, 0.25) is 5.91 Å². The molecule has 2 aliphatic heterocycles. The Hall–Kier alpha value is -3.71. The molecule has 2 atom stereocenters. The summed E-state index contributed by atoms with van der Waals surface area (Å²) in [5.41, 5.74) is 1.37. The van der Waals surface area contributed by atoms with Gasteiger partial charge in [-0.2, -0.15) is 13.2 Å². The lowest BCUT2D eigenvalue weighted by atomic mass is 9.76. The number of aliphatic carboxylic acids is 1. The molecule has 0 spiro atoms. The van der Waals surface area contributed by atoms with Crippen molar-refractivity contribution in [3.63, 3.8) is 0 Å². The van der Waals surface area contributed by atoms with Gasteiger partial charge in [0.15, 0.2) is 0 Å². The van der Waals surface area contributed by atoms with E-state index in [1.54, 1.807) is 18.2 Å². The molecule has 3 heterocycles. The number of hydrogen-bond acceptors (Lipinski definition) is 5. The SMILES string of the molecule is O=C(O)[C@H](Cc1cccc2c(-c3ncc(CN4CCC[C@H](F)C4)cc3C3CC3)cccc12)NC(=O)C1(C(F)(F)F)CCN(CC(F)F)CC1. The number of carbonyl (C=O) groups is 2. The fourth-order valence-electron chi connectivity index (χ4n) is 7.37. The Balaban J connectivity index is 1.25. The quantitative estimate of drug-likeness (QED) is 0.217. The van der Waals surface area contributed by atoms with E-state index in [4.69, 9.17) is 4.98 Å². The molecule has 0 unspecified atom stereocenters. The van der Waals surface area contributed by atoms with E-state index in [-0.39, 0.29) is 19.5 Å². The molecule has 1 aromatic heterocycles. The van der Waals surface area contributed by atoms with Gasteiger partial charge in [0, 0.05) is 31.3 Å². The maximum absolute atomic E-state index is 14.4. The van der Waals surface area contributed by atoms with Gasteiger partial charge >= 0.3 is 12.1 Å². The second kappa shape index (κ2) is 14.3. The van der Waals surface area contributed by atoms with Crippen LogP contribution in [0.4, 0.5) is 26.3 Å². The number of carboxylic acids is 1. The Labute approximate surface area is 280 Å². The summed E-state index contributed by atoms with van der Waals surface area (Å²) in [7, 11) is 0. The second-order valence-corrected chi connectivity index (χ2v) is 13.7. The van der Waals surface area contributed by atoms with Gasteiger partial charge in [-0.3, -0.25) is 19.6 Å².